The van der Waals surface area contributed by atoms with Crippen LogP contribution in [-0.4, -0.2) is 38.8 Å². The van der Waals surface area contributed by atoms with E-state index in [0.717, 1.165) is 49.4 Å². The summed E-state index contributed by atoms with van der Waals surface area (Å²) in [5, 5.41) is 6.31. The Bertz CT molecular complexity index is 499. The van der Waals surface area contributed by atoms with Crippen LogP contribution in [0.5, 0.6) is 11.5 Å². The molecule has 0 spiro atoms. The Morgan fingerprint density at radius 1 is 1.26 bits per heavy atom. The van der Waals surface area contributed by atoms with Gasteiger partial charge in [-0.05, 0) is 57.4 Å². The van der Waals surface area contributed by atoms with E-state index in [9.17, 15) is 4.79 Å². The molecule has 0 bridgehead atoms. The molecule has 0 saturated carbocycles. The summed E-state index contributed by atoms with van der Waals surface area (Å²) in [5.74, 6) is 1.82. The quantitative estimate of drug-likeness (QED) is 0.770. The summed E-state index contributed by atoms with van der Waals surface area (Å²) < 4.78 is 11.2. The molecule has 1 atom stereocenters. The highest BCUT2D eigenvalue weighted by molar-refractivity contribution is 5.78. The highest BCUT2D eigenvalue weighted by atomic mass is 16.5. The number of nitrogens with one attached hydrogen (secondary N) is 2. The van der Waals surface area contributed by atoms with Crippen LogP contribution in [0.3, 0.4) is 0 Å². The van der Waals surface area contributed by atoms with Crippen LogP contribution in [0.2, 0.25) is 0 Å². The van der Waals surface area contributed by atoms with Crippen molar-refractivity contribution in [3.8, 4) is 11.5 Å². The molecule has 1 fully saturated rings. The van der Waals surface area contributed by atoms with E-state index in [4.69, 9.17) is 9.47 Å². The van der Waals surface area contributed by atoms with E-state index in [1.807, 2.05) is 32.0 Å². The second-order valence-corrected chi connectivity index (χ2v) is 5.73. The van der Waals surface area contributed by atoms with Gasteiger partial charge in [-0.1, -0.05) is 6.07 Å². The summed E-state index contributed by atoms with van der Waals surface area (Å²) in [6.07, 6.45) is 2.85. The Morgan fingerprint density at radius 3 is 2.74 bits per heavy atom. The molecule has 1 saturated heterocycles. The first-order chi connectivity index (χ1) is 11.2. The Balaban J connectivity index is 1.84. The molecule has 1 aliphatic rings. The van der Waals surface area contributed by atoms with Gasteiger partial charge >= 0.3 is 0 Å². The molecule has 1 amide bonds. The standard InChI is InChI=1S/C18H28N2O3/c1-3-22-16-8-7-14(12-17(16)23-4-2)9-11-20-18(21)15-6-5-10-19-13-15/h7-8,12,15,19H,3-6,9-11,13H2,1-2H3,(H,20,21). The van der Waals surface area contributed by atoms with Gasteiger partial charge in [0, 0.05) is 13.1 Å². The first kappa shape index (κ1) is 17.6. The van der Waals surface area contributed by atoms with Gasteiger partial charge in [0.25, 0.3) is 0 Å². The molecule has 2 rings (SSSR count). The van der Waals surface area contributed by atoms with E-state index >= 15 is 0 Å². The lowest BCUT2D eigenvalue weighted by Crippen LogP contribution is -2.41. The lowest BCUT2D eigenvalue weighted by Gasteiger charge is -2.21. The SMILES string of the molecule is CCOc1ccc(CCNC(=O)C2CCCNC2)cc1OCC. The average Bonchev–Trinajstić information content (AvgIpc) is 2.58. The summed E-state index contributed by atoms with van der Waals surface area (Å²) in [4.78, 5) is 12.1. The highest BCUT2D eigenvalue weighted by Crippen LogP contribution is 2.28. The van der Waals surface area contributed by atoms with Crippen molar-refractivity contribution in [2.24, 2.45) is 5.92 Å². The van der Waals surface area contributed by atoms with E-state index in [1.165, 1.54) is 0 Å². The van der Waals surface area contributed by atoms with Crippen LogP contribution in [0, 0.1) is 5.92 Å². The highest BCUT2D eigenvalue weighted by Gasteiger charge is 2.20. The fraction of sp³-hybridized carbons (Fsp3) is 0.611. The van der Waals surface area contributed by atoms with Gasteiger partial charge in [0.2, 0.25) is 5.91 Å². The minimum absolute atomic E-state index is 0.114. The third-order valence-electron chi connectivity index (χ3n) is 3.99. The second kappa shape index (κ2) is 9.40. The van der Waals surface area contributed by atoms with Crippen molar-refractivity contribution in [3.05, 3.63) is 23.8 Å². The molecule has 5 nitrogen and oxygen atoms in total. The average molecular weight is 320 g/mol. The summed E-state index contributed by atoms with van der Waals surface area (Å²) in [6, 6.07) is 5.97. The van der Waals surface area contributed by atoms with E-state index < -0.39 is 0 Å². The minimum atomic E-state index is 0.114. The van der Waals surface area contributed by atoms with Gasteiger partial charge in [0.05, 0.1) is 19.1 Å². The van der Waals surface area contributed by atoms with Crippen molar-refractivity contribution in [2.45, 2.75) is 33.1 Å². The minimum Gasteiger partial charge on any atom is -0.490 e. The van der Waals surface area contributed by atoms with Crippen LogP contribution in [0.1, 0.15) is 32.3 Å². The Labute approximate surface area is 138 Å². The Morgan fingerprint density at radius 2 is 2.04 bits per heavy atom. The summed E-state index contributed by atoms with van der Waals surface area (Å²) >= 11 is 0. The zero-order valence-electron chi connectivity index (χ0n) is 14.2. The van der Waals surface area contributed by atoms with Gasteiger partial charge in [0.1, 0.15) is 0 Å². The molecule has 0 radical (unpaired) electrons. The van der Waals surface area contributed by atoms with Gasteiger partial charge in [-0.3, -0.25) is 4.79 Å². The normalized spacial score (nSPS) is 17.6. The predicted molar refractivity (Wildman–Crippen MR) is 91.1 cm³/mol. The molecule has 1 unspecified atom stereocenters. The molecule has 1 heterocycles. The number of hydrogen-bond acceptors (Lipinski definition) is 4. The molecule has 1 aliphatic heterocycles. The Hall–Kier alpha value is -1.75. The fourth-order valence-electron chi connectivity index (χ4n) is 2.80. The maximum absolute atomic E-state index is 12.1. The van der Waals surface area contributed by atoms with E-state index in [1.54, 1.807) is 0 Å². The summed E-state index contributed by atoms with van der Waals surface area (Å²) in [6.45, 7) is 7.61. The summed E-state index contributed by atoms with van der Waals surface area (Å²) in [5.41, 5.74) is 1.14. The first-order valence-corrected chi connectivity index (χ1v) is 8.61. The molecule has 128 valence electrons. The van der Waals surface area contributed by atoms with E-state index in [2.05, 4.69) is 10.6 Å². The van der Waals surface area contributed by atoms with Crippen molar-refractivity contribution in [2.75, 3.05) is 32.8 Å². The molecule has 5 heteroatoms. The third-order valence-corrected chi connectivity index (χ3v) is 3.99. The lowest BCUT2D eigenvalue weighted by atomic mass is 9.99. The molecule has 0 aliphatic carbocycles. The number of carbonyl (C=O) groups excluding carboxylic acids is 1. The molecular weight excluding hydrogens is 292 g/mol. The smallest absolute Gasteiger partial charge is 0.224 e. The zero-order valence-corrected chi connectivity index (χ0v) is 14.2. The number of amides is 1. The van der Waals surface area contributed by atoms with Crippen molar-refractivity contribution in [1.82, 2.24) is 10.6 Å². The molecule has 2 N–H and O–H groups in total. The fourth-order valence-corrected chi connectivity index (χ4v) is 2.80. The Kier molecular flexibility index (Phi) is 7.20. The number of hydrogen-bond donors (Lipinski definition) is 2. The number of benzene rings is 1. The van der Waals surface area contributed by atoms with Crippen molar-refractivity contribution in [3.63, 3.8) is 0 Å². The second-order valence-electron chi connectivity index (χ2n) is 5.73. The largest absolute Gasteiger partial charge is 0.490 e. The number of rotatable bonds is 8. The monoisotopic (exact) mass is 320 g/mol. The molecule has 1 aromatic rings. The van der Waals surface area contributed by atoms with Crippen LogP contribution in [0.4, 0.5) is 0 Å². The maximum atomic E-state index is 12.1. The van der Waals surface area contributed by atoms with E-state index in [-0.39, 0.29) is 11.8 Å². The number of ether oxygens (including phenoxy) is 2. The molecular formula is C18H28N2O3. The van der Waals surface area contributed by atoms with Crippen molar-refractivity contribution >= 4 is 5.91 Å². The van der Waals surface area contributed by atoms with Gasteiger partial charge < -0.3 is 20.1 Å². The van der Waals surface area contributed by atoms with Crippen LogP contribution in [-0.2, 0) is 11.2 Å². The number of carbonyl (C=O) groups is 1. The van der Waals surface area contributed by atoms with Crippen LogP contribution in [0.15, 0.2) is 18.2 Å². The van der Waals surface area contributed by atoms with Crippen LogP contribution < -0.4 is 20.1 Å². The third kappa shape index (κ3) is 5.43. The molecule has 0 aromatic heterocycles. The topological polar surface area (TPSA) is 59.6 Å². The predicted octanol–water partition coefficient (Wildman–Crippen LogP) is 2.14. The van der Waals surface area contributed by atoms with Gasteiger partial charge in [-0.15, -0.1) is 0 Å². The van der Waals surface area contributed by atoms with Gasteiger partial charge in [0.15, 0.2) is 11.5 Å². The zero-order chi connectivity index (χ0) is 16.5. The van der Waals surface area contributed by atoms with Gasteiger partial charge in [-0.2, -0.15) is 0 Å². The van der Waals surface area contributed by atoms with Crippen LogP contribution >= 0.6 is 0 Å². The summed E-state index contributed by atoms with van der Waals surface area (Å²) in [7, 11) is 0. The van der Waals surface area contributed by atoms with E-state index in [0.29, 0.717) is 19.8 Å². The van der Waals surface area contributed by atoms with Crippen molar-refractivity contribution in [1.29, 1.82) is 0 Å². The lowest BCUT2D eigenvalue weighted by molar-refractivity contribution is -0.125. The first-order valence-electron chi connectivity index (χ1n) is 8.61. The molecule has 1 aromatic carbocycles. The maximum Gasteiger partial charge on any atom is 0.224 e. The van der Waals surface area contributed by atoms with Crippen LogP contribution in [0.25, 0.3) is 0 Å². The van der Waals surface area contributed by atoms with Crippen molar-refractivity contribution < 1.29 is 14.3 Å². The molecule has 23 heavy (non-hydrogen) atoms. The van der Waals surface area contributed by atoms with Gasteiger partial charge in [-0.25, -0.2) is 0 Å². The number of piperidine rings is 1.